The Morgan fingerprint density at radius 1 is 1.04 bits per heavy atom. The van der Waals surface area contributed by atoms with Crippen molar-refractivity contribution in [1.29, 1.82) is 0 Å². The van der Waals surface area contributed by atoms with E-state index in [1.807, 2.05) is 18.2 Å². The van der Waals surface area contributed by atoms with Crippen LogP contribution in [0.2, 0.25) is 5.02 Å². The molecule has 0 bridgehead atoms. The van der Waals surface area contributed by atoms with Crippen molar-refractivity contribution in [1.82, 2.24) is 5.01 Å². The molecule has 27 heavy (non-hydrogen) atoms. The molecule has 2 aliphatic rings. The van der Waals surface area contributed by atoms with Crippen molar-refractivity contribution in [2.45, 2.75) is 32.5 Å². The zero-order valence-electron chi connectivity index (χ0n) is 15.4. The molecule has 2 aliphatic heterocycles. The van der Waals surface area contributed by atoms with Crippen molar-refractivity contribution < 1.29 is 4.74 Å². The van der Waals surface area contributed by atoms with E-state index >= 15 is 0 Å². The smallest absolute Gasteiger partial charge is 0.190 e. The summed E-state index contributed by atoms with van der Waals surface area (Å²) < 4.78 is 6.28. The maximum absolute atomic E-state index is 6.28. The quantitative estimate of drug-likeness (QED) is 0.546. The Balaban J connectivity index is 1.58. The maximum atomic E-state index is 6.28. The van der Waals surface area contributed by atoms with E-state index in [1.54, 1.807) is 0 Å². The van der Waals surface area contributed by atoms with Gasteiger partial charge < -0.3 is 4.74 Å². The Morgan fingerprint density at radius 2 is 1.85 bits per heavy atom. The summed E-state index contributed by atoms with van der Waals surface area (Å²) in [4.78, 5) is 0. The third kappa shape index (κ3) is 2.78. The third-order valence-corrected chi connectivity index (χ3v) is 5.67. The molecule has 0 aliphatic carbocycles. The number of ether oxygens (including phenoxy) is 1. The van der Waals surface area contributed by atoms with Gasteiger partial charge in [-0.1, -0.05) is 61.8 Å². The van der Waals surface area contributed by atoms with Crippen LogP contribution in [0, 0.1) is 5.92 Å². The molecule has 0 radical (unpaired) electrons. The Bertz CT molecular complexity index is 1060. The van der Waals surface area contributed by atoms with Gasteiger partial charge in [-0.15, -0.1) is 0 Å². The number of halogens is 1. The second-order valence-electron chi connectivity index (χ2n) is 7.64. The molecule has 0 aromatic heterocycles. The lowest BCUT2D eigenvalue weighted by Crippen LogP contribution is -2.43. The average Bonchev–Trinajstić information content (AvgIpc) is 3.12. The molecule has 0 amide bonds. The predicted octanol–water partition coefficient (Wildman–Crippen LogP) is 6.02. The van der Waals surface area contributed by atoms with Crippen molar-refractivity contribution in [2.24, 2.45) is 11.0 Å². The van der Waals surface area contributed by atoms with Gasteiger partial charge in [-0.25, -0.2) is 5.01 Å². The third-order valence-electron chi connectivity index (χ3n) is 5.43. The summed E-state index contributed by atoms with van der Waals surface area (Å²) in [6.45, 7) is 4.35. The van der Waals surface area contributed by atoms with Crippen molar-refractivity contribution in [3.8, 4) is 5.75 Å². The minimum absolute atomic E-state index is 0.0679. The first-order valence-electron chi connectivity index (χ1n) is 9.41. The molecule has 0 fully saturated rings. The minimum atomic E-state index is -0.0679. The largest absolute Gasteiger partial charge is 0.468 e. The van der Waals surface area contributed by atoms with Crippen LogP contribution in [0.25, 0.3) is 10.8 Å². The summed E-state index contributed by atoms with van der Waals surface area (Å²) in [5, 5.41) is 10.4. The van der Waals surface area contributed by atoms with Crippen LogP contribution in [0.5, 0.6) is 5.75 Å². The summed E-state index contributed by atoms with van der Waals surface area (Å²) in [5.41, 5.74) is 3.40. The molecule has 3 nitrogen and oxygen atoms in total. The highest BCUT2D eigenvalue weighted by Crippen LogP contribution is 2.45. The van der Waals surface area contributed by atoms with Crippen LogP contribution in [0.15, 0.2) is 65.8 Å². The fraction of sp³-hybridized carbons (Fsp3) is 0.261. The van der Waals surface area contributed by atoms with Gasteiger partial charge in [-0.3, -0.25) is 0 Å². The Kier molecular flexibility index (Phi) is 3.87. The van der Waals surface area contributed by atoms with E-state index in [2.05, 4.69) is 61.3 Å². The number of nitrogens with zero attached hydrogens (tertiary/aromatic N) is 2. The van der Waals surface area contributed by atoms with Crippen LogP contribution in [0.1, 0.15) is 37.4 Å². The van der Waals surface area contributed by atoms with Crippen molar-refractivity contribution in [3.63, 3.8) is 0 Å². The van der Waals surface area contributed by atoms with Gasteiger partial charge in [0.15, 0.2) is 6.23 Å². The Hall–Kier alpha value is -2.52. The fourth-order valence-corrected chi connectivity index (χ4v) is 4.25. The molecular weight excluding hydrogens is 356 g/mol. The summed E-state index contributed by atoms with van der Waals surface area (Å²) >= 11 is 6.27. The first-order valence-corrected chi connectivity index (χ1v) is 9.79. The number of hydrogen-bond donors (Lipinski definition) is 0. The zero-order valence-corrected chi connectivity index (χ0v) is 16.1. The molecule has 2 atom stereocenters. The number of rotatable bonds is 2. The number of benzene rings is 3. The Labute approximate surface area is 164 Å². The Morgan fingerprint density at radius 3 is 2.67 bits per heavy atom. The molecule has 2 heterocycles. The lowest BCUT2D eigenvalue weighted by atomic mass is 9.94. The van der Waals surface area contributed by atoms with Gasteiger partial charge >= 0.3 is 0 Å². The highest BCUT2D eigenvalue weighted by atomic mass is 35.5. The van der Waals surface area contributed by atoms with Crippen molar-refractivity contribution in [2.75, 3.05) is 0 Å². The van der Waals surface area contributed by atoms with Gasteiger partial charge in [0.05, 0.1) is 11.8 Å². The number of hydrogen-bond acceptors (Lipinski definition) is 3. The molecule has 3 aromatic rings. The normalized spacial score (nSPS) is 21.0. The van der Waals surface area contributed by atoms with E-state index in [-0.39, 0.29) is 12.3 Å². The van der Waals surface area contributed by atoms with E-state index in [0.717, 1.165) is 28.5 Å². The van der Waals surface area contributed by atoms with Gasteiger partial charge in [0.25, 0.3) is 0 Å². The summed E-state index contributed by atoms with van der Waals surface area (Å²) in [5.74, 6) is 1.25. The van der Waals surface area contributed by atoms with Crippen LogP contribution in [0.3, 0.4) is 0 Å². The topological polar surface area (TPSA) is 24.8 Å². The SMILES string of the molecule is CC(C)[C@H]1Oc2ccc(Cl)cc2[C@@H]2CC(c3ccc4ccccc4c3)=NN12. The van der Waals surface area contributed by atoms with E-state index in [9.17, 15) is 0 Å². The van der Waals surface area contributed by atoms with Crippen molar-refractivity contribution in [3.05, 3.63) is 76.8 Å². The number of fused-ring (bicyclic) bond motifs is 4. The van der Waals surface area contributed by atoms with Gasteiger partial charge in [0.2, 0.25) is 0 Å². The highest BCUT2D eigenvalue weighted by Gasteiger charge is 2.41. The lowest BCUT2D eigenvalue weighted by Gasteiger charge is -2.40. The fourth-order valence-electron chi connectivity index (χ4n) is 4.07. The molecule has 136 valence electrons. The predicted molar refractivity (Wildman–Crippen MR) is 110 cm³/mol. The van der Waals surface area contributed by atoms with Gasteiger partial charge in [-0.05, 0) is 40.6 Å². The van der Waals surface area contributed by atoms with Crippen molar-refractivity contribution >= 4 is 28.1 Å². The lowest BCUT2D eigenvalue weighted by molar-refractivity contribution is -0.0461. The van der Waals surface area contributed by atoms with Crippen LogP contribution in [0.4, 0.5) is 0 Å². The molecule has 4 heteroatoms. The standard InChI is InChI=1S/C23H21ClN2O/c1-14(2)23-26-21(19-12-18(24)9-10-22(19)27-23)13-20(25-26)17-8-7-15-5-3-4-6-16(15)11-17/h3-12,14,21,23H,13H2,1-2H3/t21-,23+/m0/s1. The van der Waals surface area contributed by atoms with E-state index in [4.69, 9.17) is 21.4 Å². The van der Waals surface area contributed by atoms with Crippen LogP contribution in [-0.2, 0) is 0 Å². The molecule has 3 aromatic carbocycles. The molecular formula is C23H21ClN2O. The number of hydrazone groups is 1. The summed E-state index contributed by atoms with van der Waals surface area (Å²) in [7, 11) is 0. The second kappa shape index (κ2) is 6.28. The van der Waals surface area contributed by atoms with Crippen LogP contribution >= 0.6 is 11.6 Å². The van der Waals surface area contributed by atoms with Gasteiger partial charge in [-0.2, -0.15) is 5.10 Å². The van der Waals surface area contributed by atoms with Crippen LogP contribution < -0.4 is 4.74 Å². The second-order valence-corrected chi connectivity index (χ2v) is 8.08. The highest BCUT2D eigenvalue weighted by molar-refractivity contribution is 6.30. The molecule has 0 spiro atoms. The molecule has 5 rings (SSSR count). The van der Waals surface area contributed by atoms with Crippen LogP contribution in [-0.4, -0.2) is 16.9 Å². The molecule has 0 saturated carbocycles. The minimum Gasteiger partial charge on any atom is -0.468 e. The first kappa shape index (κ1) is 16.6. The van der Waals surface area contributed by atoms with Gasteiger partial charge in [0, 0.05) is 22.9 Å². The van der Waals surface area contributed by atoms with E-state index < -0.39 is 0 Å². The zero-order chi connectivity index (χ0) is 18.5. The summed E-state index contributed by atoms with van der Waals surface area (Å²) in [6.07, 6.45) is 0.791. The molecule has 0 saturated heterocycles. The first-order chi connectivity index (χ1) is 13.1. The van der Waals surface area contributed by atoms with E-state index in [1.165, 1.54) is 16.3 Å². The summed E-state index contributed by atoms with van der Waals surface area (Å²) in [6, 6.07) is 21.1. The monoisotopic (exact) mass is 376 g/mol. The molecule has 0 N–H and O–H groups in total. The maximum Gasteiger partial charge on any atom is 0.190 e. The van der Waals surface area contributed by atoms with E-state index in [0.29, 0.717) is 5.92 Å². The molecule has 0 unspecified atom stereocenters. The average molecular weight is 377 g/mol. The van der Waals surface area contributed by atoms with Gasteiger partial charge in [0.1, 0.15) is 5.75 Å².